The van der Waals surface area contributed by atoms with Crippen molar-refractivity contribution in [3.8, 4) is 5.75 Å². The molecule has 0 unspecified atom stereocenters. The Hall–Kier alpha value is -2.14. The summed E-state index contributed by atoms with van der Waals surface area (Å²) in [6.45, 7) is 0. The summed E-state index contributed by atoms with van der Waals surface area (Å²) >= 11 is 3.65. The summed E-state index contributed by atoms with van der Waals surface area (Å²) in [6, 6.07) is 11.2. The molecule has 1 aliphatic heterocycles. The lowest BCUT2D eigenvalue weighted by Crippen LogP contribution is -2.36. The van der Waals surface area contributed by atoms with E-state index in [4.69, 9.17) is 4.74 Å². The molecule has 4 rings (SSSR count). The van der Waals surface area contributed by atoms with E-state index in [-0.39, 0.29) is 11.7 Å². The van der Waals surface area contributed by atoms with Gasteiger partial charge in [-0.3, -0.25) is 9.59 Å². The van der Waals surface area contributed by atoms with Crippen molar-refractivity contribution in [1.29, 1.82) is 0 Å². The molecule has 1 spiro atoms. The molecule has 0 bridgehead atoms. The van der Waals surface area contributed by atoms with Gasteiger partial charge in [0.2, 0.25) is 5.91 Å². The molecule has 1 saturated carbocycles. The van der Waals surface area contributed by atoms with Gasteiger partial charge in [0.1, 0.15) is 5.75 Å². The van der Waals surface area contributed by atoms with Gasteiger partial charge in [-0.1, -0.05) is 47.3 Å². The van der Waals surface area contributed by atoms with Gasteiger partial charge in [0.05, 0.1) is 12.5 Å². The van der Waals surface area contributed by atoms with Crippen molar-refractivity contribution in [3.05, 3.63) is 57.6 Å². The van der Waals surface area contributed by atoms with Crippen LogP contribution in [0.25, 0.3) is 0 Å². The van der Waals surface area contributed by atoms with Crippen LogP contribution in [-0.4, -0.2) is 18.8 Å². The Bertz CT molecular complexity index is 899. The number of benzene rings is 2. The normalized spacial score (nSPS) is 17.5. The largest absolute Gasteiger partial charge is 0.497 e. The lowest BCUT2D eigenvalue weighted by molar-refractivity contribution is -0.121. The number of hydrogen-bond acceptors (Lipinski definition) is 3. The maximum Gasteiger partial charge on any atom is 0.235 e. The molecule has 1 heterocycles. The van der Waals surface area contributed by atoms with E-state index in [1.54, 1.807) is 7.11 Å². The Morgan fingerprint density at radius 3 is 2.52 bits per heavy atom. The quantitative estimate of drug-likeness (QED) is 0.695. The van der Waals surface area contributed by atoms with Crippen molar-refractivity contribution in [2.45, 2.75) is 43.9 Å². The number of hydrogen-bond donors (Lipinski definition) is 1. The summed E-state index contributed by atoms with van der Waals surface area (Å²) in [7, 11) is 1.62. The average Bonchev–Trinajstić information content (AvgIpc) is 2.94. The molecule has 1 aliphatic carbocycles. The van der Waals surface area contributed by atoms with Gasteiger partial charge in [-0.2, -0.15) is 0 Å². The molecule has 0 atom stereocenters. The highest BCUT2D eigenvalue weighted by Gasteiger charge is 2.48. The number of anilines is 1. The van der Waals surface area contributed by atoms with Crippen molar-refractivity contribution in [3.63, 3.8) is 0 Å². The minimum Gasteiger partial charge on any atom is -0.497 e. The van der Waals surface area contributed by atoms with Crippen molar-refractivity contribution in [2.75, 3.05) is 12.4 Å². The number of fused-ring (bicyclic) bond motifs is 2. The fourth-order valence-corrected chi connectivity index (χ4v) is 5.21. The average molecular weight is 428 g/mol. The molecular formula is C22H22BrNO3. The number of Topliss-reactive ketones (excluding diaryl/α,β-unsaturated/α-hetero) is 1. The third-order valence-corrected chi connectivity index (χ3v) is 6.43. The van der Waals surface area contributed by atoms with Gasteiger partial charge in [-0.25, -0.2) is 0 Å². The van der Waals surface area contributed by atoms with E-state index in [0.29, 0.717) is 12.0 Å². The van der Waals surface area contributed by atoms with E-state index >= 15 is 0 Å². The first-order valence-electron chi connectivity index (χ1n) is 9.35. The van der Waals surface area contributed by atoms with Crippen LogP contribution < -0.4 is 10.1 Å². The second-order valence-corrected chi connectivity index (χ2v) is 8.28. The van der Waals surface area contributed by atoms with Crippen molar-refractivity contribution in [1.82, 2.24) is 0 Å². The SMILES string of the molecule is COc1ccc(CC(=O)c2cc(Br)c3c(c2)NC(=O)C32CCCCC2)cc1. The number of amides is 1. The van der Waals surface area contributed by atoms with E-state index in [1.165, 1.54) is 6.42 Å². The molecule has 2 aliphatic rings. The Balaban J connectivity index is 1.62. The number of nitrogens with one attached hydrogen (secondary N) is 1. The zero-order chi connectivity index (χ0) is 19.0. The fraction of sp³-hybridized carbons (Fsp3) is 0.364. The van der Waals surface area contributed by atoms with Gasteiger partial charge in [0.25, 0.3) is 0 Å². The molecule has 5 heteroatoms. The zero-order valence-corrected chi connectivity index (χ0v) is 16.9. The van der Waals surface area contributed by atoms with Crippen LogP contribution in [0.5, 0.6) is 5.75 Å². The molecule has 0 saturated heterocycles. The van der Waals surface area contributed by atoms with Crippen LogP contribution in [0.3, 0.4) is 0 Å². The molecule has 0 radical (unpaired) electrons. The number of ether oxygens (including phenoxy) is 1. The Morgan fingerprint density at radius 2 is 1.85 bits per heavy atom. The van der Waals surface area contributed by atoms with E-state index < -0.39 is 5.41 Å². The molecule has 1 amide bonds. The van der Waals surface area contributed by atoms with Crippen molar-refractivity contribution >= 4 is 33.3 Å². The zero-order valence-electron chi connectivity index (χ0n) is 15.3. The first kappa shape index (κ1) is 18.2. The molecule has 1 N–H and O–H groups in total. The second-order valence-electron chi connectivity index (χ2n) is 7.43. The monoisotopic (exact) mass is 427 g/mol. The number of methoxy groups -OCH3 is 1. The molecule has 140 valence electrons. The number of rotatable bonds is 4. The summed E-state index contributed by atoms with van der Waals surface area (Å²) in [6.07, 6.45) is 5.39. The summed E-state index contributed by atoms with van der Waals surface area (Å²) < 4.78 is 6.02. The van der Waals surface area contributed by atoms with E-state index in [2.05, 4.69) is 21.2 Å². The topological polar surface area (TPSA) is 55.4 Å². The Morgan fingerprint density at radius 1 is 1.15 bits per heavy atom. The van der Waals surface area contributed by atoms with Crippen LogP contribution in [0, 0.1) is 0 Å². The third kappa shape index (κ3) is 3.18. The molecule has 0 aromatic heterocycles. The highest BCUT2D eigenvalue weighted by molar-refractivity contribution is 9.10. The second kappa shape index (κ2) is 7.12. The molecule has 2 aromatic carbocycles. The Labute approximate surface area is 167 Å². The lowest BCUT2D eigenvalue weighted by Gasteiger charge is -2.32. The van der Waals surface area contributed by atoms with Gasteiger partial charge in [0, 0.05) is 27.7 Å². The fourth-order valence-electron chi connectivity index (χ4n) is 4.37. The number of ketones is 1. The molecule has 2 aromatic rings. The van der Waals surface area contributed by atoms with Crippen LogP contribution in [0.1, 0.15) is 53.6 Å². The minimum absolute atomic E-state index is 0.0301. The third-order valence-electron chi connectivity index (χ3n) is 5.80. The lowest BCUT2D eigenvalue weighted by atomic mass is 9.70. The predicted octanol–water partition coefficient (Wildman–Crippen LogP) is 5.04. The minimum atomic E-state index is -0.427. The van der Waals surface area contributed by atoms with E-state index in [0.717, 1.165) is 52.7 Å². The van der Waals surface area contributed by atoms with Crippen molar-refractivity contribution in [2.24, 2.45) is 0 Å². The van der Waals surface area contributed by atoms with Gasteiger partial charge < -0.3 is 10.1 Å². The standard InChI is InChI=1S/C22H22BrNO3/c1-27-16-7-5-14(6-8-16)11-19(25)15-12-17(23)20-18(13-15)24-21(26)22(20)9-3-2-4-10-22/h5-8,12-13H,2-4,9-11H2,1H3,(H,24,26). The van der Waals surface area contributed by atoms with Crippen LogP contribution in [0.2, 0.25) is 0 Å². The Kier molecular flexibility index (Phi) is 4.81. The maximum absolute atomic E-state index is 12.8. The predicted molar refractivity (Wildman–Crippen MR) is 109 cm³/mol. The summed E-state index contributed by atoms with van der Waals surface area (Å²) in [5.74, 6) is 0.882. The first-order valence-corrected chi connectivity index (χ1v) is 10.1. The van der Waals surface area contributed by atoms with Crippen LogP contribution >= 0.6 is 15.9 Å². The molecular weight excluding hydrogens is 406 g/mol. The smallest absolute Gasteiger partial charge is 0.235 e. The van der Waals surface area contributed by atoms with Gasteiger partial charge in [-0.05, 0) is 42.7 Å². The number of carbonyl (C=O) groups excluding carboxylic acids is 2. The molecule has 1 fully saturated rings. The first-order chi connectivity index (χ1) is 13.0. The number of halogens is 1. The highest BCUT2D eigenvalue weighted by Crippen LogP contribution is 2.50. The highest BCUT2D eigenvalue weighted by atomic mass is 79.9. The summed E-state index contributed by atoms with van der Waals surface area (Å²) in [5, 5.41) is 3.04. The van der Waals surface area contributed by atoms with E-state index in [1.807, 2.05) is 36.4 Å². The van der Waals surface area contributed by atoms with Gasteiger partial charge >= 0.3 is 0 Å². The summed E-state index contributed by atoms with van der Waals surface area (Å²) in [5.41, 5.74) is 2.95. The molecule has 27 heavy (non-hydrogen) atoms. The maximum atomic E-state index is 12.8. The number of carbonyl (C=O) groups is 2. The van der Waals surface area contributed by atoms with Crippen LogP contribution in [-0.2, 0) is 16.6 Å². The van der Waals surface area contributed by atoms with Gasteiger partial charge in [-0.15, -0.1) is 0 Å². The summed E-state index contributed by atoms with van der Waals surface area (Å²) in [4.78, 5) is 25.6. The molecule has 4 nitrogen and oxygen atoms in total. The van der Waals surface area contributed by atoms with Gasteiger partial charge in [0.15, 0.2) is 5.78 Å². The van der Waals surface area contributed by atoms with Crippen LogP contribution in [0.15, 0.2) is 40.9 Å². The van der Waals surface area contributed by atoms with Crippen molar-refractivity contribution < 1.29 is 14.3 Å². The van der Waals surface area contributed by atoms with E-state index in [9.17, 15) is 9.59 Å². The van der Waals surface area contributed by atoms with Crippen LogP contribution in [0.4, 0.5) is 5.69 Å².